The van der Waals surface area contributed by atoms with E-state index in [1.54, 1.807) is 0 Å². The molecule has 31 heavy (non-hydrogen) atoms. The molecule has 0 aliphatic carbocycles. The molecule has 0 saturated heterocycles. The molecule has 0 radical (unpaired) electrons. The third-order valence-corrected chi connectivity index (χ3v) is 4.86. The lowest BCUT2D eigenvalue weighted by molar-refractivity contribution is -0.114. The van der Waals surface area contributed by atoms with E-state index in [0.29, 0.717) is 6.61 Å². The first-order chi connectivity index (χ1) is 15.1. The quantitative estimate of drug-likeness (QED) is 0.429. The highest BCUT2D eigenvalue weighted by atomic mass is 16.5. The average Bonchev–Trinajstić information content (AvgIpc) is 2.80. The Labute approximate surface area is 184 Å². The predicted octanol–water partition coefficient (Wildman–Crippen LogP) is 5.54. The van der Waals surface area contributed by atoms with Crippen LogP contribution in [0.3, 0.4) is 0 Å². The Bertz CT molecular complexity index is 925. The fourth-order valence-electron chi connectivity index (χ4n) is 2.92. The van der Waals surface area contributed by atoms with Crippen molar-refractivity contribution in [2.75, 3.05) is 23.8 Å². The van der Waals surface area contributed by atoms with Gasteiger partial charge in [-0.1, -0.05) is 37.3 Å². The van der Waals surface area contributed by atoms with Crippen LogP contribution in [0.4, 0.5) is 11.4 Å². The van der Waals surface area contributed by atoms with E-state index in [1.165, 1.54) is 5.56 Å². The number of carbonyl (C=O) groups excluding carboxylic acids is 1. The Kier molecular flexibility index (Phi) is 8.35. The lowest BCUT2D eigenvalue weighted by atomic mass is 10.2. The summed E-state index contributed by atoms with van der Waals surface area (Å²) in [5.74, 6) is 1.50. The van der Waals surface area contributed by atoms with Crippen LogP contribution in [-0.4, -0.2) is 25.2 Å². The van der Waals surface area contributed by atoms with Crippen molar-refractivity contribution >= 4 is 17.3 Å². The van der Waals surface area contributed by atoms with Gasteiger partial charge in [-0.2, -0.15) is 0 Å². The van der Waals surface area contributed by atoms with E-state index in [4.69, 9.17) is 9.47 Å². The van der Waals surface area contributed by atoms with Crippen LogP contribution in [0.25, 0.3) is 0 Å². The second-order valence-corrected chi connectivity index (χ2v) is 7.37. The zero-order valence-corrected chi connectivity index (χ0v) is 18.1. The number of anilines is 2. The third kappa shape index (κ3) is 7.70. The van der Waals surface area contributed by atoms with Gasteiger partial charge in [-0.05, 0) is 67.4 Å². The van der Waals surface area contributed by atoms with Crippen molar-refractivity contribution in [3.05, 3.63) is 84.4 Å². The van der Waals surface area contributed by atoms with Gasteiger partial charge in [0.25, 0.3) is 0 Å². The van der Waals surface area contributed by atoms with Gasteiger partial charge in [0.05, 0.1) is 19.3 Å². The smallest absolute Gasteiger partial charge is 0.243 e. The molecule has 3 aromatic rings. The zero-order chi connectivity index (χ0) is 21.9. The molecule has 1 unspecified atom stereocenters. The summed E-state index contributed by atoms with van der Waals surface area (Å²) in [5, 5.41) is 6.01. The predicted molar refractivity (Wildman–Crippen MR) is 126 cm³/mol. The van der Waals surface area contributed by atoms with Crippen molar-refractivity contribution < 1.29 is 14.3 Å². The maximum absolute atomic E-state index is 12.2. The van der Waals surface area contributed by atoms with Gasteiger partial charge in [0.1, 0.15) is 11.5 Å². The summed E-state index contributed by atoms with van der Waals surface area (Å²) in [6.45, 7) is 4.92. The molecule has 0 saturated carbocycles. The second kappa shape index (κ2) is 11.6. The molecule has 0 bridgehead atoms. The van der Waals surface area contributed by atoms with Crippen LogP contribution >= 0.6 is 0 Å². The van der Waals surface area contributed by atoms with Gasteiger partial charge < -0.3 is 20.1 Å². The second-order valence-electron chi connectivity index (χ2n) is 7.37. The van der Waals surface area contributed by atoms with Crippen LogP contribution in [0.1, 0.15) is 25.8 Å². The lowest BCUT2D eigenvalue weighted by Gasteiger charge is -2.13. The Morgan fingerprint density at radius 3 is 2.19 bits per heavy atom. The zero-order valence-electron chi connectivity index (χ0n) is 18.1. The normalized spacial score (nSPS) is 11.4. The van der Waals surface area contributed by atoms with Crippen molar-refractivity contribution in [3.63, 3.8) is 0 Å². The summed E-state index contributed by atoms with van der Waals surface area (Å²) in [5.41, 5.74) is 2.85. The molecule has 5 heteroatoms. The van der Waals surface area contributed by atoms with Crippen molar-refractivity contribution in [3.8, 4) is 11.5 Å². The summed E-state index contributed by atoms with van der Waals surface area (Å²) in [6.07, 6.45) is 2.00. The van der Waals surface area contributed by atoms with Crippen molar-refractivity contribution in [1.29, 1.82) is 0 Å². The molecule has 3 rings (SSSR count). The van der Waals surface area contributed by atoms with Crippen molar-refractivity contribution in [1.82, 2.24) is 0 Å². The van der Waals surface area contributed by atoms with Crippen LogP contribution < -0.4 is 20.1 Å². The first-order valence-corrected chi connectivity index (χ1v) is 10.7. The summed E-state index contributed by atoms with van der Waals surface area (Å²) in [4.78, 5) is 12.2. The highest BCUT2D eigenvalue weighted by Gasteiger charge is 2.05. The summed E-state index contributed by atoms with van der Waals surface area (Å²) < 4.78 is 11.5. The molecule has 162 valence electrons. The molecule has 0 aliphatic heterocycles. The minimum atomic E-state index is -0.113. The molecule has 5 nitrogen and oxygen atoms in total. The van der Waals surface area contributed by atoms with E-state index in [2.05, 4.69) is 29.7 Å². The minimum absolute atomic E-state index is 0.113. The molecular weight excluding hydrogens is 388 g/mol. The average molecular weight is 419 g/mol. The molecule has 0 heterocycles. The van der Waals surface area contributed by atoms with E-state index in [-0.39, 0.29) is 18.6 Å². The van der Waals surface area contributed by atoms with E-state index < -0.39 is 0 Å². The van der Waals surface area contributed by atoms with Gasteiger partial charge in [-0.15, -0.1) is 0 Å². The van der Waals surface area contributed by atoms with Crippen LogP contribution in [-0.2, 0) is 11.2 Å². The number of amides is 1. The lowest BCUT2D eigenvalue weighted by Crippen LogP contribution is -2.21. The fourth-order valence-corrected chi connectivity index (χ4v) is 2.92. The van der Waals surface area contributed by atoms with Gasteiger partial charge in [-0.25, -0.2) is 0 Å². The topological polar surface area (TPSA) is 59.6 Å². The standard InChI is InChI=1S/C26H30N2O3/c1-3-20(2)31-25-15-9-22(10-16-25)27-19-26(29)28-23-11-13-24(14-12-23)30-18-17-21-7-5-4-6-8-21/h4-16,20,27H,3,17-19H2,1-2H3,(H,28,29). The number of ether oxygens (including phenoxy) is 2. The fraction of sp³-hybridized carbons (Fsp3) is 0.269. The number of carbonyl (C=O) groups is 1. The summed E-state index contributed by atoms with van der Waals surface area (Å²) in [7, 11) is 0. The van der Waals surface area contributed by atoms with Crippen LogP contribution in [0.15, 0.2) is 78.9 Å². The number of hydrogen-bond acceptors (Lipinski definition) is 4. The number of rotatable bonds is 11. The third-order valence-electron chi connectivity index (χ3n) is 4.86. The molecule has 0 aliphatic rings. The molecule has 2 N–H and O–H groups in total. The van der Waals surface area contributed by atoms with E-state index in [1.807, 2.05) is 73.7 Å². The highest BCUT2D eigenvalue weighted by Crippen LogP contribution is 2.18. The summed E-state index contributed by atoms with van der Waals surface area (Å²) in [6, 6.07) is 25.3. The van der Waals surface area contributed by atoms with Gasteiger partial charge in [0.15, 0.2) is 0 Å². The van der Waals surface area contributed by atoms with Crippen LogP contribution in [0.2, 0.25) is 0 Å². The number of nitrogens with one attached hydrogen (secondary N) is 2. The van der Waals surface area contributed by atoms with E-state index >= 15 is 0 Å². The molecule has 0 fully saturated rings. The number of hydrogen-bond donors (Lipinski definition) is 2. The van der Waals surface area contributed by atoms with Gasteiger partial charge in [0, 0.05) is 17.8 Å². The minimum Gasteiger partial charge on any atom is -0.493 e. The van der Waals surface area contributed by atoms with Crippen LogP contribution in [0.5, 0.6) is 11.5 Å². The van der Waals surface area contributed by atoms with Gasteiger partial charge in [0.2, 0.25) is 5.91 Å². The maximum atomic E-state index is 12.2. The largest absolute Gasteiger partial charge is 0.493 e. The molecular formula is C26H30N2O3. The molecule has 3 aromatic carbocycles. The first kappa shape index (κ1) is 22.2. The first-order valence-electron chi connectivity index (χ1n) is 10.7. The van der Waals surface area contributed by atoms with E-state index in [9.17, 15) is 4.79 Å². The Balaban J connectivity index is 1.39. The molecule has 1 atom stereocenters. The Hall–Kier alpha value is -3.47. The van der Waals surface area contributed by atoms with Crippen LogP contribution in [0, 0.1) is 0 Å². The Morgan fingerprint density at radius 2 is 1.52 bits per heavy atom. The summed E-state index contributed by atoms with van der Waals surface area (Å²) >= 11 is 0. The molecule has 0 spiro atoms. The monoisotopic (exact) mass is 418 g/mol. The van der Waals surface area contributed by atoms with E-state index in [0.717, 1.165) is 35.7 Å². The number of benzene rings is 3. The maximum Gasteiger partial charge on any atom is 0.243 e. The van der Waals surface area contributed by atoms with Gasteiger partial charge in [-0.3, -0.25) is 4.79 Å². The van der Waals surface area contributed by atoms with Gasteiger partial charge >= 0.3 is 0 Å². The molecule has 0 aromatic heterocycles. The Morgan fingerprint density at radius 1 is 0.871 bits per heavy atom. The van der Waals surface area contributed by atoms with Crippen molar-refractivity contribution in [2.45, 2.75) is 32.8 Å². The SMILES string of the molecule is CCC(C)Oc1ccc(NCC(=O)Nc2ccc(OCCc3ccccc3)cc2)cc1. The van der Waals surface area contributed by atoms with Crippen molar-refractivity contribution in [2.24, 2.45) is 0 Å². The highest BCUT2D eigenvalue weighted by molar-refractivity contribution is 5.93. The molecule has 1 amide bonds.